The molecule has 0 aromatic carbocycles. The molecule has 0 aliphatic rings. The second kappa shape index (κ2) is 5.51. The fraction of sp³-hybridized carbons (Fsp3) is 0.0769. The third-order valence-corrected chi connectivity index (χ3v) is 2.47. The number of rotatable bonds is 3. The van der Waals surface area contributed by atoms with Gasteiger partial charge in [0, 0.05) is 12.3 Å². The van der Waals surface area contributed by atoms with Gasteiger partial charge in [-0.05, 0) is 37.3 Å². The number of aryl methyl sites for hydroxylation is 1. The molecule has 5 heteroatoms. The molecule has 0 unspecified atom stereocenters. The molecule has 2 rings (SSSR count). The van der Waals surface area contributed by atoms with Crippen LogP contribution in [-0.4, -0.2) is 10.9 Å². The molecule has 92 valence electrons. The number of carbonyl (C=O) groups is 1. The maximum Gasteiger partial charge on any atom is 0.249 e. The van der Waals surface area contributed by atoms with E-state index in [9.17, 15) is 4.79 Å². The Morgan fingerprint density at radius 1 is 1.44 bits per heavy atom. The number of amides is 1. The van der Waals surface area contributed by atoms with E-state index in [0.717, 1.165) is 5.76 Å². The second-order valence-electron chi connectivity index (χ2n) is 3.60. The van der Waals surface area contributed by atoms with Gasteiger partial charge in [0.05, 0.1) is 5.02 Å². The van der Waals surface area contributed by atoms with Crippen LogP contribution in [-0.2, 0) is 4.79 Å². The first-order valence-corrected chi connectivity index (χ1v) is 5.69. The highest BCUT2D eigenvalue weighted by Crippen LogP contribution is 2.17. The maximum absolute atomic E-state index is 11.6. The number of aromatic nitrogens is 1. The van der Waals surface area contributed by atoms with Gasteiger partial charge in [-0.2, -0.15) is 0 Å². The third kappa shape index (κ3) is 3.21. The molecule has 0 aliphatic carbocycles. The van der Waals surface area contributed by atoms with E-state index < -0.39 is 0 Å². The van der Waals surface area contributed by atoms with Gasteiger partial charge >= 0.3 is 0 Å². The van der Waals surface area contributed by atoms with E-state index in [1.165, 1.54) is 6.08 Å². The standard InChI is InChI=1S/C13H11ClN2O2/c1-9-4-5-10(18-9)6-7-12(17)16-13-11(14)3-2-8-15-13/h2-8H,1H3,(H,15,16,17). The van der Waals surface area contributed by atoms with Crippen LogP contribution in [0.5, 0.6) is 0 Å². The summed E-state index contributed by atoms with van der Waals surface area (Å²) in [5.41, 5.74) is 0. The predicted molar refractivity (Wildman–Crippen MR) is 70.4 cm³/mol. The van der Waals surface area contributed by atoms with Gasteiger partial charge in [0.15, 0.2) is 5.82 Å². The average molecular weight is 263 g/mol. The Morgan fingerprint density at radius 3 is 2.94 bits per heavy atom. The van der Waals surface area contributed by atoms with Crippen molar-refractivity contribution in [3.8, 4) is 0 Å². The zero-order valence-corrected chi connectivity index (χ0v) is 10.4. The van der Waals surface area contributed by atoms with Crippen LogP contribution in [0.4, 0.5) is 5.82 Å². The van der Waals surface area contributed by atoms with E-state index in [0.29, 0.717) is 16.6 Å². The van der Waals surface area contributed by atoms with Crippen LogP contribution < -0.4 is 5.32 Å². The smallest absolute Gasteiger partial charge is 0.249 e. The van der Waals surface area contributed by atoms with E-state index in [2.05, 4.69) is 10.3 Å². The van der Waals surface area contributed by atoms with Crippen molar-refractivity contribution in [1.29, 1.82) is 0 Å². The van der Waals surface area contributed by atoms with Crippen molar-refractivity contribution in [2.75, 3.05) is 5.32 Å². The SMILES string of the molecule is Cc1ccc(C=CC(=O)Nc2ncccc2Cl)o1. The highest BCUT2D eigenvalue weighted by atomic mass is 35.5. The Bertz CT molecular complexity index is 590. The molecule has 1 amide bonds. The molecule has 0 bridgehead atoms. The molecular formula is C13H11ClN2O2. The maximum atomic E-state index is 11.6. The minimum absolute atomic E-state index is 0.315. The van der Waals surface area contributed by atoms with Gasteiger partial charge in [-0.1, -0.05) is 11.6 Å². The highest BCUT2D eigenvalue weighted by Gasteiger charge is 2.03. The molecule has 0 radical (unpaired) electrons. The summed E-state index contributed by atoms with van der Waals surface area (Å²) in [6.07, 6.45) is 4.50. The van der Waals surface area contributed by atoms with Crippen molar-refractivity contribution in [1.82, 2.24) is 4.98 Å². The van der Waals surface area contributed by atoms with Crippen molar-refractivity contribution >= 4 is 29.4 Å². The zero-order valence-electron chi connectivity index (χ0n) is 9.68. The summed E-state index contributed by atoms with van der Waals surface area (Å²) in [6.45, 7) is 1.84. The molecule has 0 aliphatic heterocycles. The minimum Gasteiger partial charge on any atom is -0.462 e. The lowest BCUT2D eigenvalue weighted by molar-refractivity contribution is -0.111. The topological polar surface area (TPSA) is 55.1 Å². The summed E-state index contributed by atoms with van der Waals surface area (Å²) in [7, 11) is 0. The van der Waals surface area contributed by atoms with Gasteiger partial charge in [-0.3, -0.25) is 4.79 Å². The van der Waals surface area contributed by atoms with Crippen molar-refractivity contribution in [3.05, 3.63) is 53.1 Å². The van der Waals surface area contributed by atoms with E-state index in [1.54, 1.807) is 30.5 Å². The number of pyridine rings is 1. The van der Waals surface area contributed by atoms with E-state index in [-0.39, 0.29) is 5.91 Å². The predicted octanol–water partition coefficient (Wildman–Crippen LogP) is 3.29. The molecule has 0 spiro atoms. The van der Waals surface area contributed by atoms with Gasteiger partial charge in [-0.25, -0.2) is 4.98 Å². The molecular weight excluding hydrogens is 252 g/mol. The Hall–Kier alpha value is -2.07. The van der Waals surface area contributed by atoms with Gasteiger partial charge in [-0.15, -0.1) is 0 Å². The summed E-state index contributed by atoms with van der Waals surface area (Å²) >= 11 is 5.87. The number of nitrogens with zero attached hydrogens (tertiary/aromatic N) is 1. The van der Waals surface area contributed by atoms with E-state index in [4.69, 9.17) is 16.0 Å². The van der Waals surface area contributed by atoms with Crippen LogP contribution in [0, 0.1) is 6.92 Å². The van der Waals surface area contributed by atoms with Crippen molar-refractivity contribution in [3.63, 3.8) is 0 Å². The minimum atomic E-state index is -0.315. The monoisotopic (exact) mass is 262 g/mol. The summed E-state index contributed by atoms with van der Waals surface area (Å²) in [6, 6.07) is 6.96. The van der Waals surface area contributed by atoms with Crippen LogP contribution >= 0.6 is 11.6 Å². The lowest BCUT2D eigenvalue weighted by atomic mass is 10.3. The molecule has 0 atom stereocenters. The molecule has 4 nitrogen and oxygen atoms in total. The number of halogens is 1. The van der Waals surface area contributed by atoms with Crippen molar-refractivity contribution in [2.24, 2.45) is 0 Å². The Balaban J connectivity index is 2.01. The molecule has 0 saturated carbocycles. The fourth-order valence-corrected chi connectivity index (χ4v) is 1.51. The van der Waals surface area contributed by atoms with E-state index >= 15 is 0 Å². The van der Waals surface area contributed by atoms with Crippen LogP contribution in [0.25, 0.3) is 6.08 Å². The van der Waals surface area contributed by atoms with Crippen LogP contribution in [0.2, 0.25) is 5.02 Å². The molecule has 2 aromatic rings. The first kappa shape index (κ1) is 12.4. The largest absolute Gasteiger partial charge is 0.462 e. The van der Waals surface area contributed by atoms with E-state index in [1.807, 2.05) is 13.0 Å². The van der Waals surface area contributed by atoms with Crippen LogP contribution in [0.3, 0.4) is 0 Å². The Kier molecular flexibility index (Phi) is 3.79. The number of carbonyl (C=O) groups excluding carboxylic acids is 1. The van der Waals surface area contributed by atoms with Gasteiger partial charge in [0.2, 0.25) is 5.91 Å². The first-order valence-electron chi connectivity index (χ1n) is 5.31. The Morgan fingerprint density at radius 2 is 2.28 bits per heavy atom. The number of hydrogen-bond acceptors (Lipinski definition) is 3. The average Bonchev–Trinajstić information content (AvgIpc) is 2.76. The first-order chi connectivity index (χ1) is 8.65. The summed E-state index contributed by atoms with van der Waals surface area (Å²) < 4.78 is 5.30. The third-order valence-electron chi connectivity index (χ3n) is 2.16. The number of nitrogens with one attached hydrogen (secondary N) is 1. The molecule has 0 saturated heterocycles. The molecule has 2 aromatic heterocycles. The summed E-state index contributed by atoms with van der Waals surface area (Å²) in [5, 5.41) is 2.97. The molecule has 1 N–H and O–H groups in total. The normalized spacial score (nSPS) is 10.8. The Labute approximate surface area is 109 Å². The summed E-state index contributed by atoms with van der Waals surface area (Å²) in [5.74, 6) is 1.44. The number of furan rings is 1. The van der Waals surface area contributed by atoms with Gasteiger partial charge in [0.25, 0.3) is 0 Å². The second-order valence-corrected chi connectivity index (χ2v) is 4.01. The van der Waals surface area contributed by atoms with Crippen molar-refractivity contribution < 1.29 is 9.21 Å². The number of anilines is 1. The van der Waals surface area contributed by atoms with Gasteiger partial charge < -0.3 is 9.73 Å². The van der Waals surface area contributed by atoms with Gasteiger partial charge in [0.1, 0.15) is 11.5 Å². The van der Waals surface area contributed by atoms with Crippen molar-refractivity contribution in [2.45, 2.75) is 6.92 Å². The number of hydrogen-bond donors (Lipinski definition) is 1. The summed E-state index contributed by atoms with van der Waals surface area (Å²) in [4.78, 5) is 15.6. The molecule has 2 heterocycles. The van der Waals surface area contributed by atoms with Crippen LogP contribution in [0.1, 0.15) is 11.5 Å². The lowest BCUT2D eigenvalue weighted by Crippen LogP contribution is -2.09. The molecule has 18 heavy (non-hydrogen) atoms. The fourth-order valence-electron chi connectivity index (χ4n) is 1.34. The lowest BCUT2D eigenvalue weighted by Gasteiger charge is -2.01. The zero-order chi connectivity index (χ0) is 13.0. The van der Waals surface area contributed by atoms with Crippen LogP contribution in [0.15, 0.2) is 41.0 Å². The quantitative estimate of drug-likeness (QED) is 0.864. The highest BCUT2D eigenvalue weighted by molar-refractivity contribution is 6.33. The molecule has 0 fully saturated rings.